The average molecular weight is 221 g/mol. The van der Waals surface area contributed by atoms with Crippen LogP contribution in [-0.4, -0.2) is 29.8 Å². The summed E-state index contributed by atoms with van der Waals surface area (Å²) in [6.45, 7) is 5.38. The second-order valence-corrected chi connectivity index (χ2v) is 3.77. The van der Waals surface area contributed by atoms with E-state index in [1.54, 1.807) is 6.92 Å². The van der Waals surface area contributed by atoms with Gasteiger partial charge in [0.1, 0.15) is 6.04 Å². The van der Waals surface area contributed by atoms with E-state index in [4.69, 9.17) is 11.6 Å². The van der Waals surface area contributed by atoms with E-state index in [0.29, 0.717) is 0 Å². The van der Waals surface area contributed by atoms with E-state index in [2.05, 4.69) is 10.6 Å². The summed E-state index contributed by atoms with van der Waals surface area (Å²) in [4.78, 5) is 22.4. The highest BCUT2D eigenvalue weighted by Gasteiger charge is 2.15. The molecule has 0 saturated carbocycles. The van der Waals surface area contributed by atoms with Crippen LogP contribution in [0.2, 0.25) is 0 Å². The molecule has 0 aromatic rings. The summed E-state index contributed by atoms with van der Waals surface area (Å²) in [6, 6.07) is -0.428. The van der Waals surface area contributed by atoms with Crippen LogP contribution in [0.1, 0.15) is 27.2 Å². The molecule has 5 heteroatoms. The summed E-state index contributed by atoms with van der Waals surface area (Å²) >= 11 is 5.38. The maximum atomic E-state index is 11.3. The number of alkyl halides is 1. The van der Waals surface area contributed by atoms with Crippen molar-refractivity contribution in [3.63, 3.8) is 0 Å². The van der Waals surface area contributed by atoms with Crippen molar-refractivity contribution in [3.05, 3.63) is 0 Å². The third-order valence-electron chi connectivity index (χ3n) is 1.52. The summed E-state index contributed by atoms with van der Waals surface area (Å²) < 4.78 is 0. The molecule has 0 aromatic heterocycles. The first-order valence-electron chi connectivity index (χ1n) is 4.63. The SMILES string of the molecule is CC(C)NC(=O)C(C)NC(=O)CCCl. The number of carbonyl (C=O) groups is 2. The third-order valence-corrected chi connectivity index (χ3v) is 1.71. The lowest BCUT2D eigenvalue weighted by Gasteiger charge is -2.15. The van der Waals surface area contributed by atoms with E-state index in [1.165, 1.54) is 0 Å². The number of nitrogens with one attached hydrogen (secondary N) is 2. The highest BCUT2D eigenvalue weighted by atomic mass is 35.5. The lowest BCUT2D eigenvalue weighted by Crippen LogP contribution is -2.46. The van der Waals surface area contributed by atoms with Gasteiger partial charge in [0.25, 0.3) is 0 Å². The molecule has 0 radical (unpaired) electrons. The molecular weight excluding hydrogens is 204 g/mol. The quantitative estimate of drug-likeness (QED) is 0.669. The minimum absolute atomic E-state index is 0.0786. The summed E-state index contributed by atoms with van der Waals surface area (Å²) in [5.74, 6) is -0.112. The van der Waals surface area contributed by atoms with Gasteiger partial charge < -0.3 is 10.6 Å². The Hall–Kier alpha value is -0.770. The smallest absolute Gasteiger partial charge is 0.242 e. The van der Waals surface area contributed by atoms with Gasteiger partial charge in [-0.3, -0.25) is 9.59 Å². The molecule has 0 heterocycles. The van der Waals surface area contributed by atoms with Gasteiger partial charge in [0.15, 0.2) is 0 Å². The molecule has 1 atom stereocenters. The standard InChI is InChI=1S/C9H17ClN2O2/c1-6(2)11-9(14)7(3)12-8(13)4-5-10/h6-7H,4-5H2,1-3H3,(H,11,14)(H,12,13). The van der Waals surface area contributed by atoms with Crippen LogP contribution in [0.3, 0.4) is 0 Å². The van der Waals surface area contributed by atoms with Gasteiger partial charge in [-0.15, -0.1) is 11.6 Å². The Kier molecular flexibility index (Phi) is 6.28. The van der Waals surface area contributed by atoms with Crippen molar-refractivity contribution in [2.24, 2.45) is 0 Å². The molecule has 82 valence electrons. The van der Waals surface area contributed by atoms with Gasteiger partial charge in [0.2, 0.25) is 11.8 Å². The van der Waals surface area contributed by atoms with Crippen LogP contribution < -0.4 is 10.6 Å². The molecule has 0 aliphatic heterocycles. The summed E-state index contributed by atoms with van der Waals surface area (Å²) in [5.41, 5.74) is 0. The van der Waals surface area contributed by atoms with Crippen LogP contribution in [0.4, 0.5) is 0 Å². The van der Waals surface area contributed by atoms with Crippen molar-refractivity contribution in [1.82, 2.24) is 10.6 Å². The fourth-order valence-corrected chi connectivity index (χ4v) is 1.05. The lowest BCUT2D eigenvalue weighted by molar-refractivity contribution is -0.128. The van der Waals surface area contributed by atoms with Crippen molar-refractivity contribution < 1.29 is 9.59 Å². The second kappa shape index (κ2) is 6.65. The summed E-state index contributed by atoms with van der Waals surface area (Å²) in [6.07, 6.45) is 0.237. The zero-order valence-electron chi connectivity index (χ0n) is 8.76. The van der Waals surface area contributed by atoms with Gasteiger partial charge in [-0.05, 0) is 20.8 Å². The molecule has 0 saturated heterocycles. The Morgan fingerprint density at radius 1 is 1.21 bits per heavy atom. The highest BCUT2D eigenvalue weighted by Crippen LogP contribution is 1.89. The molecule has 0 aliphatic rings. The summed E-state index contributed by atoms with van der Waals surface area (Å²) in [5, 5.41) is 5.25. The predicted octanol–water partition coefficient (Wildman–Crippen LogP) is 0.645. The van der Waals surface area contributed by atoms with E-state index < -0.39 is 6.04 Å². The first-order valence-corrected chi connectivity index (χ1v) is 5.16. The maximum Gasteiger partial charge on any atom is 0.242 e. The molecule has 0 spiro atoms. The maximum absolute atomic E-state index is 11.3. The Morgan fingerprint density at radius 3 is 2.21 bits per heavy atom. The number of amides is 2. The number of hydrogen-bond acceptors (Lipinski definition) is 2. The van der Waals surface area contributed by atoms with Crippen molar-refractivity contribution in [3.8, 4) is 0 Å². The minimum atomic E-state index is -0.506. The molecule has 0 bridgehead atoms. The topological polar surface area (TPSA) is 58.2 Å². The van der Waals surface area contributed by atoms with Gasteiger partial charge >= 0.3 is 0 Å². The molecule has 2 amide bonds. The third kappa shape index (κ3) is 5.80. The highest BCUT2D eigenvalue weighted by molar-refractivity contribution is 6.18. The Bertz CT molecular complexity index is 207. The number of carbonyl (C=O) groups excluding carboxylic acids is 2. The molecule has 0 aliphatic carbocycles. The van der Waals surface area contributed by atoms with E-state index in [0.717, 1.165) is 0 Å². The zero-order chi connectivity index (χ0) is 11.1. The first-order chi connectivity index (χ1) is 6.47. The van der Waals surface area contributed by atoms with E-state index in [9.17, 15) is 9.59 Å². The van der Waals surface area contributed by atoms with Crippen molar-refractivity contribution in [1.29, 1.82) is 0 Å². The number of halogens is 1. The van der Waals surface area contributed by atoms with E-state index >= 15 is 0 Å². The monoisotopic (exact) mass is 220 g/mol. The van der Waals surface area contributed by atoms with Crippen LogP contribution in [0, 0.1) is 0 Å². The van der Waals surface area contributed by atoms with Crippen LogP contribution >= 0.6 is 11.6 Å². The zero-order valence-corrected chi connectivity index (χ0v) is 9.52. The summed E-state index contributed by atoms with van der Waals surface area (Å²) in [7, 11) is 0. The Morgan fingerprint density at radius 2 is 1.79 bits per heavy atom. The average Bonchev–Trinajstić information content (AvgIpc) is 2.02. The fourth-order valence-electron chi connectivity index (χ4n) is 0.875. The van der Waals surface area contributed by atoms with Gasteiger partial charge in [-0.2, -0.15) is 0 Å². The van der Waals surface area contributed by atoms with Crippen LogP contribution in [-0.2, 0) is 9.59 Å². The number of hydrogen-bond donors (Lipinski definition) is 2. The molecule has 0 rings (SSSR count). The molecule has 14 heavy (non-hydrogen) atoms. The van der Waals surface area contributed by atoms with E-state index in [-0.39, 0.29) is 30.2 Å². The minimum Gasteiger partial charge on any atom is -0.352 e. The molecule has 4 nitrogen and oxygen atoms in total. The Balaban J connectivity index is 3.88. The Labute approximate surface area is 89.4 Å². The van der Waals surface area contributed by atoms with Gasteiger partial charge in [0, 0.05) is 18.3 Å². The molecule has 1 unspecified atom stereocenters. The molecule has 0 aromatic carbocycles. The largest absolute Gasteiger partial charge is 0.352 e. The second-order valence-electron chi connectivity index (χ2n) is 3.39. The van der Waals surface area contributed by atoms with Gasteiger partial charge in [-0.1, -0.05) is 0 Å². The van der Waals surface area contributed by atoms with Crippen LogP contribution in [0.15, 0.2) is 0 Å². The predicted molar refractivity (Wildman–Crippen MR) is 56.2 cm³/mol. The normalized spacial score (nSPS) is 12.4. The van der Waals surface area contributed by atoms with Gasteiger partial charge in [-0.25, -0.2) is 0 Å². The molecular formula is C9H17ClN2O2. The van der Waals surface area contributed by atoms with Crippen molar-refractivity contribution in [2.45, 2.75) is 39.3 Å². The first kappa shape index (κ1) is 13.2. The van der Waals surface area contributed by atoms with Gasteiger partial charge in [0.05, 0.1) is 0 Å². The molecule has 2 N–H and O–H groups in total. The molecule has 0 fully saturated rings. The van der Waals surface area contributed by atoms with E-state index in [1.807, 2.05) is 13.8 Å². The number of rotatable bonds is 5. The van der Waals surface area contributed by atoms with Crippen LogP contribution in [0.25, 0.3) is 0 Å². The van der Waals surface area contributed by atoms with Crippen molar-refractivity contribution >= 4 is 23.4 Å². The van der Waals surface area contributed by atoms with Crippen molar-refractivity contribution in [2.75, 3.05) is 5.88 Å². The van der Waals surface area contributed by atoms with Crippen LogP contribution in [0.5, 0.6) is 0 Å². The lowest BCUT2D eigenvalue weighted by atomic mass is 10.2. The fraction of sp³-hybridized carbons (Fsp3) is 0.778.